The predicted octanol–water partition coefficient (Wildman–Crippen LogP) is 3.19. The molecule has 0 unspecified atom stereocenters. The van der Waals surface area contributed by atoms with E-state index in [0.717, 1.165) is 17.9 Å². The van der Waals surface area contributed by atoms with Crippen molar-refractivity contribution in [2.45, 2.75) is 13.5 Å². The van der Waals surface area contributed by atoms with Crippen LogP contribution in [0.4, 0.5) is 5.69 Å². The second-order valence-electron chi connectivity index (χ2n) is 7.40. The van der Waals surface area contributed by atoms with Crippen LogP contribution in [-0.2, 0) is 11.3 Å². The zero-order chi connectivity index (χ0) is 22.7. The molecule has 4 rings (SSSR count). The first-order valence-corrected chi connectivity index (χ1v) is 11.5. The fraction of sp³-hybridized carbons (Fsp3) is 0.318. The molecule has 0 radical (unpaired) electrons. The lowest BCUT2D eigenvalue weighted by Crippen LogP contribution is -2.48. The van der Waals surface area contributed by atoms with Gasteiger partial charge in [0.25, 0.3) is 5.91 Å². The van der Waals surface area contributed by atoms with Crippen molar-refractivity contribution in [1.29, 1.82) is 0 Å². The zero-order valence-electron chi connectivity index (χ0n) is 17.9. The first-order chi connectivity index (χ1) is 15.4. The summed E-state index contributed by atoms with van der Waals surface area (Å²) >= 11 is 7.14. The van der Waals surface area contributed by atoms with E-state index in [1.165, 1.54) is 11.3 Å². The number of anilines is 1. The van der Waals surface area contributed by atoms with E-state index in [1.807, 2.05) is 53.9 Å². The van der Waals surface area contributed by atoms with E-state index < -0.39 is 0 Å². The minimum atomic E-state index is -0.199. The minimum Gasteiger partial charge on any atom is -0.465 e. The summed E-state index contributed by atoms with van der Waals surface area (Å²) < 4.78 is 8.10. The van der Waals surface area contributed by atoms with Crippen molar-refractivity contribution < 1.29 is 14.3 Å². The number of nitrogens with zero attached hydrogens (tertiary/aromatic N) is 4. The topological polar surface area (TPSA) is 79.7 Å². The summed E-state index contributed by atoms with van der Waals surface area (Å²) in [5.41, 5.74) is 2.39. The van der Waals surface area contributed by atoms with Crippen molar-refractivity contribution in [2.75, 3.05) is 38.2 Å². The number of aromatic nitrogens is 2. The van der Waals surface area contributed by atoms with Crippen LogP contribution in [0.2, 0.25) is 4.34 Å². The second-order valence-corrected chi connectivity index (χ2v) is 9.12. The first-order valence-electron chi connectivity index (χ1n) is 10.3. The summed E-state index contributed by atoms with van der Waals surface area (Å²) in [7, 11) is 1.95. The number of hydrogen-bond acceptors (Lipinski definition) is 6. The molecule has 0 bridgehead atoms. The Morgan fingerprint density at radius 1 is 1.19 bits per heavy atom. The summed E-state index contributed by atoms with van der Waals surface area (Å²) in [6.07, 6.45) is 1.84. The number of amides is 2. The second kappa shape index (κ2) is 9.72. The first kappa shape index (κ1) is 22.3. The van der Waals surface area contributed by atoms with Gasteiger partial charge in [0.05, 0.1) is 40.3 Å². The molecule has 1 saturated heterocycles. The van der Waals surface area contributed by atoms with Gasteiger partial charge in [-0.1, -0.05) is 11.6 Å². The summed E-state index contributed by atoms with van der Waals surface area (Å²) in [5, 5.41) is 2.86. The summed E-state index contributed by atoms with van der Waals surface area (Å²) in [6, 6.07) is 11.6. The molecule has 168 valence electrons. The maximum absolute atomic E-state index is 12.3. The number of likely N-dealkylation sites (N-methyl/N-ethyl adjacent to an activating group) is 1. The van der Waals surface area contributed by atoms with Gasteiger partial charge in [0.1, 0.15) is 0 Å². The molecule has 1 N–H and O–H groups in total. The molecule has 0 aliphatic carbocycles. The van der Waals surface area contributed by atoms with Crippen molar-refractivity contribution in [3.8, 4) is 11.7 Å². The van der Waals surface area contributed by atoms with Crippen LogP contribution in [0.5, 0.6) is 6.01 Å². The van der Waals surface area contributed by atoms with E-state index in [2.05, 4.69) is 10.3 Å². The smallest absolute Gasteiger partial charge is 0.301 e. The van der Waals surface area contributed by atoms with Crippen LogP contribution in [0.25, 0.3) is 5.69 Å². The molecule has 3 heterocycles. The van der Waals surface area contributed by atoms with Gasteiger partial charge in [-0.15, -0.1) is 11.3 Å². The van der Waals surface area contributed by atoms with Crippen LogP contribution < -0.4 is 15.0 Å². The lowest BCUT2D eigenvalue weighted by molar-refractivity contribution is -0.120. The monoisotopic (exact) mass is 473 g/mol. The Bertz CT molecular complexity index is 1110. The summed E-state index contributed by atoms with van der Waals surface area (Å²) in [4.78, 5) is 33.5. The number of piperazine rings is 1. The van der Waals surface area contributed by atoms with Crippen LogP contribution >= 0.6 is 22.9 Å². The molecular weight excluding hydrogens is 450 g/mol. The quantitative estimate of drug-likeness (QED) is 0.570. The molecule has 8 nitrogen and oxygen atoms in total. The Hall–Kier alpha value is -2.88. The molecular formula is C22H24ClN5O3S. The minimum absolute atomic E-state index is 0.0918. The Morgan fingerprint density at radius 2 is 1.94 bits per heavy atom. The Balaban J connectivity index is 1.49. The Morgan fingerprint density at radius 3 is 2.59 bits per heavy atom. The average molecular weight is 474 g/mol. The molecule has 1 aliphatic rings. The largest absolute Gasteiger partial charge is 0.465 e. The third kappa shape index (κ3) is 4.95. The molecule has 3 aromatic rings. The third-order valence-corrected chi connectivity index (χ3v) is 6.30. The Labute approximate surface area is 195 Å². The highest BCUT2D eigenvalue weighted by atomic mass is 35.5. The number of rotatable bonds is 7. The van der Waals surface area contributed by atoms with E-state index in [-0.39, 0.29) is 18.4 Å². The van der Waals surface area contributed by atoms with E-state index in [4.69, 9.17) is 16.3 Å². The van der Waals surface area contributed by atoms with Gasteiger partial charge >= 0.3 is 6.01 Å². The van der Waals surface area contributed by atoms with Gasteiger partial charge in [-0.25, -0.2) is 0 Å². The van der Waals surface area contributed by atoms with Crippen molar-refractivity contribution in [1.82, 2.24) is 19.8 Å². The highest BCUT2D eigenvalue weighted by Gasteiger charge is 2.23. The average Bonchev–Trinajstić information content (AvgIpc) is 3.39. The number of carbonyl (C=O) groups excluding carboxylic acids is 2. The van der Waals surface area contributed by atoms with E-state index in [0.29, 0.717) is 40.6 Å². The predicted molar refractivity (Wildman–Crippen MR) is 125 cm³/mol. The summed E-state index contributed by atoms with van der Waals surface area (Å²) in [6.45, 7) is 4.55. The van der Waals surface area contributed by atoms with Gasteiger partial charge in [0, 0.05) is 25.0 Å². The number of benzene rings is 1. The summed E-state index contributed by atoms with van der Waals surface area (Å²) in [5.74, 6) is -0.107. The molecule has 2 amide bonds. The number of halogens is 1. The fourth-order valence-electron chi connectivity index (χ4n) is 3.46. The number of carbonyl (C=O) groups is 2. The van der Waals surface area contributed by atoms with Crippen LogP contribution in [0.3, 0.4) is 0 Å². The van der Waals surface area contributed by atoms with Crippen LogP contribution in [0, 0.1) is 0 Å². The van der Waals surface area contributed by atoms with Crippen molar-refractivity contribution in [3.63, 3.8) is 0 Å². The van der Waals surface area contributed by atoms with E-state index >= 15 is 0 Å². The molecule has 10 heteroatoms. The SMILES string of the molecule is CCOc1nc(CNC(=O)c2ccc(Cl)s2)cn1-c1ccc(N2CCN(C)CC2=O)cc1. The van der Waals surface area contributed by atoms with Gasteiger partial charge in [0.2, 0.25) is 5.91 Å². The normalized spacial score (nSPS) is 14.6. The Kier molecular flexibility index (Phi) is 6.78. The van der Waals surface area contributed by atoms with Crippen LogP contribution in [-0.4, -0.2) is 59.6 Å². The van der Waals surface area contributed by atoms with Gasteiger partial charge in [0.15, 0.2) is 0 Å². The van der Waals surface area contributed by atoms with Crippen molar-refractivity contribution in [2.24, 2.45) is 0 Å². The fourth-order valence-corrected chi connectivity index (χ4v) is 4.42. The van der Waals surface area contributed by atoms with Gasteiger partial charge in [-0.2, -0.15) is 4.98 Å². The third-order valence-electron chi connectivity index (χ3n) is 5.08. The molecule has 1 aromatic carbocycles. The number of ether oxygens (including phenoxy) is 1. The van der Waals surface area contributed by atoms with E-state index in [1.54, 1.807) is 17.0 Å². The van der Waals surface area contributed by atoms with Gasteiger partial charge in [-0.05, 0) is 50.4 Å². The standard InChI is InChI=1S/C22H24ClN5O3S/c1-3-31-22-25-15(12-24-21(30)18-8-9-19(23)32-18)13-28(22)17-6-4-16(5-7-17)27-11-10-26(2)14-20(27)29/h4-9,13H,3,10-12,14H2,1-2H3,(H,24,30). The van der Waals surface area contributed by atoms with Crippen molar-refractivity contribution in [3.05, 3.63) is 57.5 Å². The van der Waals surface area contributed by atoms with Crippen molar-refractivity contribution >= 4 is 40.4 Å². The maximum Gasteiger partial charge on any atom is 0.301 e. The molecule has 1 fully saturated rings. The number of nitrogens with one attached hydrogen (secondary N) is 1. The van der Waals surface area contributed by atoms with E-state index in [9.17, 15) is 9.59 Å². The molecule has 0 spiro atoms. The lowest BCUT2D eigenvalue weighted by Gasteiger charge is -2.32. The van der Waals surface area contributed by atoms with Crippen LogP contribution in [0.15, 0.2) is 42.6 Å². The zero-order valence-corrected chi connectivity index (χ0v) is 19.4. The molecule has 1 aliphatic heterocycles. The lowest BCUT2D eigenvalue weighted by atomic mass is 10.2. The number of thiophene rings is 1. The molecule has 0 atom stereocenters. The molecule has 0 saturated carbocycles. The van der Waals surface area contributed by atoms with Crippen LogP contribution in [0.1, 0.15) is 22.3 Å². The van der Waals surface area contributed by atoms with Gasteiger partial charge < -0.3 is 15.0 Å². The highest BCUT2D eigenvalue weighted by molar-refractivity contribution is 7.17. The molecule has 32 heavy (non-hydrogen) atoms. The number of imidazole rings is 1. The highest BCUT2D eigenvalue weighted by Crippen LogP contribution is 2.24. The van der Waals surface area contributed by atoms with Gasteiger partial charge in [-0.3, -0.25) is 19.1 Å². The molecule has 2 aromatic heterocycles. The maximum atomic E-state index is 12.3. The number of hydrogen-bond donors (Lipinski definition) is 1.